The van der Waals surface area contributed by atoms with Crippen molar-refractivity contribution < 1.29 is 58.4 Å². The van der Waals surface area contributed by atoms with E-state index in [1.165, 1.54) is 12.2 Å². The molecule has 0 fully saturated rings. The van der Waals surface area contributed by atoms with Gasteiger partial charge in [0.2, 0.25) is 5.83 Å². The summed E-state index contributed by atoms with van der Waals surface area (Å²) >= 11 is 0. The van der Waals surface area contributed by atoms with Gasteiger partial charge in [-0.15, -0.1) is 0 Å². The minimum atomic E-state index is -6.25. The number of carbonyl (C=O) groups is 2. The molecule has 0 saturated heterocycles. The number of ether oxygens (including phenoxy) is 2. The lowest BCUT2D eigenvalue weighted by molar-refractivity contribution is -0.353. The number of esters is 1. The Morgan fingerprint density at radius 2 is 1.69 bits per heavy atom. The van der Waals surface area contributed by atoms with Gasteiger partial charge in [0.15, 0.2) is 0 Å². The first-order chi connectivity index (χ1) is 11.5. The first-order valence-electron chi connectivity index (χ1n) is 6.43. The fraction of sp³-hybridized carbons (Fsp3) is 0.636. The van der Waals surface area contributed by atoms with Crippen molar-refractivity contribution in [1.29, 1.82) is 0 Å². The van der Waals surface area contributed by atoms with E-state index in [0.717, 1.165) is 0 Å². The van der Waals surface area contributed by atoms with Crippen LogP contribution < -0.4 is 5.32 Å². The normalized spacial score (nSPS) is 15.1. The lowest BCUT2D eigenvalue weighted by atomic mass is 10.2. The van der Waals surface area contributed by atoms with E-state index < -0.39 is 58.2 Å². The molecule has 0 bridgehead atoms. The number of alkyl halides is 5. The van der Waals surface area contributed by atoms with Crippen LogP contribution in [0.1, 0.15) is 13.3 Å². The zero-order valence-electron chi connectivity index (χ0n) is 12.9. The van der Waals surface area contributed by atoms with Crippen LogP contribution >= 0.6 is 0 Å². The summed E-state index contributed by atoms with van der Waals surface area (Å²) in [4.78, 5) is 22.8. The SMILES string of the molecule is C=C(F)C(=O)OC(OCC(F)(F)S(=O)(=O)O)(C(=O)NCCC)C(F)(F)F. The number of rotatable bonds is 9. The molecule has 0 aliphatic carbocycles. The summed E-state index contributed by atoms with van der Waals surface area (Å²) in [7, 11) is -6.25. The van der Waals surface area contributed by atoms with E-state index in [9.17, 15) is 44.3 Å². The summed E-state index contributed by atoms with van der Waals surface area (Å²) in [5.41, 5.74) is 0. The third kappa shape index (κ3) is 5.57. The lowest BCUT2D eigenvalue weighted by Crippen LogP contribution is -2.62. The highest BCUT2D eigenvalue weighted by Gasteiger charge is 2.67. The van der Waals surface area contributed by atoms with E-state index in [1.54, 1.807) is 0 Å². The Balaban J connectivity index is 6.06. The van der Waals surface area contributed by atoms with Gasteiger partial charge in [-0.1, -0.05) is 13.5 Å². The van der Waals surface area contributed by atoms with E-state index in [2.05, 4.69) is 16.1 Å². The molecule has 26 heavy (non-hydrogen) atoms. The monoisotopic (exact) mass is 417 g/mol. The van der Waals surface area contributed by atoms with E-state index in [1.807, 2.05) is 0 Å². The zero-order chi connectivity index (χ0) is 21.0. The standard InChI is InChI=1S/C11H13F6NO7S/c1-3-4-18-8(20)10(11(15,16)17,25-7(19)6(2)12)24-5-9(13,14)26(21,22)23/h2-5H2,1H3,(H,18,20)(H,21,22,23). The Morgan fingerprint density at radius 1 is 1.19 bits per heavy atom. The van der Waals surface area contributed by atoms with Crippen molar-refractivity contribution in [2.24, 2.45) is 0 Å². The van der Waals surface area contributed by atoms with Crippen LogP contribution in [0.4, 0.5) is 26.3 Å². The second-order valence-corrected chi connectivity index (χ2v) is 6.11. The fourth-order valence-corrected chi connectivity index (χ4v) is 1.42. The van der Waals surface area contributed by atoms with Gasteiger partial charge in [0, 0.05) is 6.54 Å². The van der Waals surface area contributed by atoms with Crippen LogP contribution in [0.3, 0.4) is 0 Å². The Hall–Kier alpha value is -1.87. The predicted molar refractivity (Wildman–Crippen MR) is 70.9 cm³/mol. The molecule has 0 aliphatic rings. The van der Waals surface area contributed by atoms with E-state index in [0.29, 0.717) is 0 Å². The number of hydrogen-bond acceptors (Lipinski definition) is 6. The summed E-state index contributed by atoms with van der Waals surface area (Å²) in [6, 6.07) is 0. The van der Waals surface area contributed by atoms with Gasteiger partial charge in [-0.25, -0.2) is 4.79 Å². The molecule has 0 aromatic rings. The number of halogens is 6. The van der Waals surface area contributed by atoms with Crippen molar-refractivity contribution in [3.63, 3.8) is 0 Å². The van der Waals surface area contributed by atoms with Crippen LogP contribution in [0.2, 0.25) is 0 Å². The van der Waals surface area contributed by atoms with Crippen molar-refractivity contribution in [2.75, 3.05) is 13.2 Å². The van der Waals surface area contributed by atoms with Crippen molar-refractivity contribution in [3.05, 3.63) is 12.4 Å². The predicted octanol–water partition coefficient (Wildman–Crippen LogP) is 1.29. The van der Waals surface area contributed by atoms with Crippen LogP contribution in [-0.4, -0.2) is 55.2 Å². The Labute approximate surface area is 142 Å². The van der Waals surface area contributed by atoms with Crippen LogP contribution in [0.5, 0.6) is 0 Å². The Morgan fingerprint density at radius 3 is 2.04 bits per heavy atom. The minimum absolute atomic E-state index is 0.0463. The molecule has 0 saturated carbocycles. The highest BCUT2D eigenvalue weighted by atomic mass is 32.2. The Kier molecular flexibility index (Phi) is 7.63. The molecule has 0 heterocycles. The van der Waals surface area contributed by atoms with Gasteiger partial charge in [-0.05, 0) is 6.42 Å². The molecule has 0 rings (SSSR count). The third-order valence-electron chi connectivity index (χ3n) is 2.49. The number of nitrogens with one attached hydrogen (secondary N) is 1. The molecule has 15 heteroatoms. The molecule has 0 aromatic heterocycles. The van der Waals surface area contributed by atoms with Crippen molar-refractivity contribution in [3.8, 4) is 0 Å². The largest absolute Gasteiger partial charge is 0.466 e. The average Bonchev–Trinajstić information content (AvgIpc) is 2.46. The van der Waals surface area contributed by atoms with Crippen molar-refractivity contribution >= 4 is 22.0 Å². The molecule has 0 spiro atoms. The quantitative estimate of drug-likeness (QED) is 0.191. The number of hydrogen-bond donors (Lipinski definition) is 2. The summed E-state index contributed by atoms with van der Waals surface area (Å²) in [5.74, 6) is -11.8. The summed E-state index contributed by atoms with van der Waals surface area (Å²) < 4.78 is 115. The van der Waals surface area contributed by atoms with Gasteiger partial charge in [-0.2, -0.15) is 34.8 Å². The van der Waals surface area contributed by atoms with Crippen LogP contribution in [0.25, 0.3) is 0 Å². The molecule has 0 aliphatic heterocycles. The second kappa shape index (κ2) is 8.22. The molecular formula is C11H13F6NO7S. The van der Waals surface area contributed by atoms with Gasteiger partial charge in [0.25, 0.3) is 0 Å². The molecular weight excluding hydrogens is 404 g/mol. The molecule has 0 aromatic carbocycles. The Bertz CT molecular complexity index is 662. The minimum Gasteiger partial charge on any atom is -0.410 e. The first-order valence-corrected chi connectivity index (χ1v) is 7.87. The fourth-order valence-electron chi connectivity index (χ4n) is 1.21. The van der Waals surface area contributed by atoms with Gasteiger partial charge in [0.05, 0.1) is 0 Å². The molecule has 1 unspecified atom stereocenters. The molecule has 1 atom stereocenters. The van der Waals surface area contributed by atoms with Crippen molar-refractivity contribution in [1.82, 2.24) is 5.32 Å². The van der Waals surface area contributed by atoms with Gasteiger partial charge in [0.1, 0.15) is 6.61 Å². The van der Waals surface area contributed by atoms with Gasteiger partial charge >= 0.3 is 39.2 Å². The number of amides is 1. The van der Waals surface area contributed by atoms with E-state index in [-0.39, 0.29) is 6.42 Å². The summed E-state index contributed by atoms with van der Waals surface area (Å²) in [6.45, 7) is 0.476. The molecule has 8 nitrogen and oxygen atoms in total. The highest BCUT2D eigenvalue weighted by molar-refractivity contribution is 7.86. The maximum atomic E-state index is 13.3. The van der Waals surface area contributed by atoms with E-state index in [4.69, 9.17) is 4.55 Å². The zero-order valence-corrected chi connectivity index (χ0v) is 13.7. The highest BCUT2D eigenvalue weighted by Crippen LogP contribution is 2.38. The van der Waals surface area contributed by atoms with Crippen LogP contribution in [0, 0.1) is 0 Å². The van der Waals surface area contributed by atoms with Crippen LogP contribution in [-0.2, 0) is 29.2 Å². The average molecular weight is 417 g/mol. The second-order valence-electron chi connectivity index (χ2n) is 4.57. The summed E-state index contributed by atoms with van der Waals surface area (Å²) in [6.07, 6.45) is -6.00. The molecule has 2 N–H and O–H groups in total. The van der Waals surface area contributed by atoms with Crippen LogP contribution in [0.15, 0.2) is 12.4 Å². The molecule has 1 amide bonds. The molecule has 152 valence electrons. The summed E-state index contributed by atoms with van der Waals surface area (Å²) in [5, 5.41) is -3.78. The van der Waals surface area contributed by atoms with E-state index >= 15 is 0 Å². The third-order valence-corrected chi connectivity index (χ3v) is 3.36. The number of carbonyl (C=O) groups excluding carboxylic acids is 2. The topological polar surface area (TPSA) is 119 Å². The maximum Gasteiger partial charge on any atom is 0.466 e. The first kappa shape index (κ1) is 24.1. The smallest absolute Gasteiger partial charge is 0.410 e. The lowest BCUT2D eigenvalue weighted by Gasteiger charge is -2.33. The van der Waals surface area contributed by atoms with Crippen molar-refractivity contribution in [2.45, 2.75) is 30.6 Å². The van der Waals surface area contributed by atoms with Gasteiger partial charge in [-0.3, -0.25) is 9.35 Å². The maximum absolute atomic E-state index is 13.3. The van der Waals surface area contributed by atoms with Gasteiger partial charge < -0.3 is 14.8 Å². The molecule has 0 radical (unpaired) electrons.